The zero-order valence-electron chi connectivity index (χ0n) is 15.2. The van der Waals surface area contributed by atoms with Gasteiger partial charge in [0, 0.05) is 19.2 Å². The maximum absolute atomic E-state index is 13.7. The lowest BCUT2D eigenvalue weighted by Crippen LogP contribution is -2.38. The smallest absolute Gasteiger partial charge is 0.337 e. The SMILES string of the molecule is COC(=O)c1ccc(NC(=O)CN(CCc2ccccc2F)C(C)=O)cc1. The van der Waals surface area contributed by atoms with Crippen molar-refractivity contribution in [2.45, 2.75) is 13.3 Å². The predicted molar refractivity (Wildman–Crippen MR) is 98.8 cm³/mol. The summed E-state index contributed by atoms with van der Waals surface area (Å²) in [4.78, 5) is 36.8. The Balaban J connectivity index is 1.93. The molecule has 0 unspecified atom stereocenters. The summed E-state index contributed by atoms with van der Waals surface area (Å²) in [6.45, 7) is 1.44. The summed E-state index contributed by atoms with van der Waals surface area (Å²) in [5.74, 6) is -1.47. The second-order valence-corrected chi connectivity index (χ2v) is 5.90. The van der Waals surface area contributed by atoms with Gasteiger partial charge in [0.05, 0.1) is 19.2 Å². The molecule has 0 aliphatic rings. The minimum atomic E-state index is -0.469. The zero-order chi connectivity index (χ0) is 19.8. The maximum Gasteiger partial charge on any atom is 0.337 e. The normalized spacial score (nSPS) is 10.2. The molecular formula is C20H21FN2O4. The van der Waals surface area contributed by atoms with Gasteiger partial charge in [-0.15, -0.1) is 0 Å². The summed E-state index contributed by atoms with van der Waals surface area (Å²) < 4.78 is 18.3. The lowest BCUT2D eigenvalue weighted by Gasteiger charge is -2.20. The van der Waals surface area contributed by atoms with Crippen LogP contribution in [0.4, 0.5) is 10.1 Å². The van der Waals surface area contributed by atoms with Crippen molar-refractivity contribution in [3.8, 4) is 0 Å². The lowest BCUT2D eigenvalue weighted by atomic mass is 10.1. The van der Waals surface area contributed by atoms with Gasteiger partial charge in [0.2, 0.25) is 11.8 Å². The van der Waals surface area contributed by atoms with Gasteiger partial charge in [0.1, 0.15) is 5.82 Å². The largest absolute Gasteiger partial charge is 0.465 e. The molecule has 0 saturated heterocycles. The Morgan fingerprint density at radius 1 is 1.07 bits per heavy atom. The molecule has 142 valence electrons. The van der Waals surface area contributed by atoms with Crippen molar-refractivity contribution in [3.05, 3.63) is 65.5 Å². The Kier molecular flexibility index (Phi) is 7.05. The van der Waals surface area contributed by atoms with Crippen LogP contribution in [0, 0.1) is 5.82 Å². The number of ether oxygens (including phenoxy) is 1. The number of nitrogens with one attached hydrogen (secondary N) is 1. The Labute approximate surface area is 156 Å². The van der Waals surface area contributed by atoms with Crippen LogP contribution in [0.1, 0.15) is 22.8 Å². The maximum atomic E-state index is 13.7. The number of methoxy groups -OCH3 is 1. The van der Waals surface area contributed by atoms with E-state index in [0.29, 0.717) is 23.2 Å². The predicted octanol–water partition coefficient (Wildman–Crippen LogP) is 2.64. The molecule has 1 N–H and O–H groups in total. The molecule has 2 amide bonds. The number of hydrogen-bond acceptors (Lipinski definition) is 4. The van der Waals surface area contributed by atoms with E-state index in [1.54, 1.807) is 30.3 Å². The fourth-order valence-electron chi connectivity index (χ4n) is 2.49. The van der Waals surface area contributed by atoms with E-state index in [-0.39, 0.29) is 30.7 Å². The third-order valence-corrected chi connectivity index (χ3v) is 3.98. The second kappa shape index (κ2) is 9.47. The van der Waals surface area contributed by atoms with Gasteiger partial charge in [-0.3, -0.25) is 9.59 Å². The molecule has 27 heavy (non-hydrogen) atoms. The van der Waals surface area contributed by atoms with Crippen LogP contribution in [0.5, 0.6) is 0 Å². The molecule has 2 rings (SSSR count). The van der Waals surface area contributed by atoms with E-state index in [1.807, 2.05) is 0 Å². The number of hydrogen-bond donors (Lipinski definition) is 1. The van der Waals surface area contributed by atoms with E-state index in [0.717, 1.165) is 0 Å². The summed E-state index contributed by atoms with van der Waals surface area (Å²) in [5.41, 5.74) is 1.35. The van der Waals surface area contributed by atoms with E-state index in [9.17, 15) is 18.8 Å². The lowest BCUT2D eigenvalue weighted by molar-refractivity contribution is -0.132. The van der Waals surface area contributed by atoms with Crippen LogP contribution in [-0.2, 0) is 20.7 Å². The van der Waals surface area contributed by atoms with Gasteiger partial charge in [-0.25, -0.2) is 9.18 Å². The van der Waals surface area contributed by atoms with Crippen LogP contribution in [-0.4, -0.2) is 42.9 Å². The van der Waals surface area contributed by atoms with Crippen LogP contribution >= 0.6 is 0 Å². The average Bonchev–Trinajstić information content (AvgIpc) is 2.66. The molecule has 7 heteroatoms. The van der Waals surface area contributed by atoms with Crippen LogP contribution in [0.15, 0.2) is 48.5 Å². The first-order valence-electron chi connectivity index (χ1n) is 8.38. The third-order valence-electron chi connectivity index (χ3n) is 3.98. The monoisotopic (exact) mass is 372 g/mol. The van der Waals surface area contributed by atoms with Crippen LogP contribution in [0.2, 0.25) is 0 Å². The number of carbonyl (C=O) groups excluding carboxylic acids is 3. The van der Waals surface area contributed by atoms with Crippen LogP contribution in [0.3, 0.4) is 0 Å². The van der Waals surface area contributed by atoms with Crippen molar-refractivity contribution < 1.29 is 23.5 Å². The average molecular weight is 372 g/mol. The van der Waals surface area contributed by atoms with Crippen molar-refractivity contribution in [2.75, 3.05) is 25.5 Å². The van der Waals surface area contributed by atoms with E-state index in [2.05, 4.69) is 10.1 Å². The van der Waals surface area contributed by atoms with E-state index in [4.69, 9.17) is 0 Å². The van der Waals surface area contributed by atoms with E-state index >= 15 is 0 Å². The Bertz CT molecular complexity index is 821. The fraction of sp³-hybridized carbons (Fsp3) is 0.250. The van der Waals surface area contributed by atoms with Crippen molar-refractivity contribution in [1.29, 1.82) is 0 Å². The molecule has 0 saturated carbocycles. The van der Waals surface area contributed by atoms with Gasteiger partial charge >= 0.3 is 5.97 Å². The summed E-state index contributed by atoms with van der Waals surface area (Å²) in [6.07, 6.45) is 0.313. The highest BCUT2D eigenvalue weighted by Crippen LogP contribution is 2.11. The molecule has 0 radical (unpaired) electrons. The Hall–Kier alpha value is -3.22. The van der Waals surface area contributed by atoms with Crippen molar-refractivity contribution in [2.24, 2.45) is 0 Å². The topological polar surface area (TPSA) is 75.7 Å². The van der Waals surface area contributed by atoms with Gasteiger partial charge < -0.3 is 15.0 Å². The molecule has 6 nitrogen and oxygen atoms in total. The number of benzene rings is 2. The molecule has 0 spiro atoms. The molecular weight excluding hydrogens is 351 g/mol. The molecule has 0 aliphatic carbocycles. The van der Waals surface area contributed by atoms with E-state index in [1.165, 1.54) is 37.1 Å². The van der Waals surface area contributed by atoms with Crippen molar-refractivity contribution in [1.82, 2.24) is 4.90 Å². The van der Waals surface area contributed by atoms with Gasteiger partial charge in [-0.1, -0.05) is 18.2 Å². The molecule has 0 atom stereocenters. The Morgan fingerprint density at radius 2 is 1.74 bits per heavy atom. The number of rotatable bonds is 7. The molecule has 0 heterocycles. The zero-order valence-corrected chi connectivity index (χ0v) is 15.2. The van der Waals surface area contributed by atoms with Gasteiger partial charge in [0.25, 0.3) is 0 Å². The van der Waals surface area contributed by atoms with Crippen molar-refractivity contribution >= 4 is 23.5 Å². The molecule has 0 aliphatic heterocycles. The fourth-order valence-corrected chi connectivity index (χ4v) is 2.49. The number of amides is 2. The number of esters is 1. The highest BCUT2D eigenvalue weighted by atomic mass is 19.1. The first-order chi connectivity index (χ1) is 12.9. The quantitative estimate of drug-likeness (QED) is 0.758. The standard InChI is InChI=1S/C20H21FN2O4/c1-14(24)23(12-11-15-5-3-4-6-18(15)21)13-19(25)22-17-9-7-16(8-10-17)20(26)27-2/h3-10H,11-13H2,1-2H3,(H,22,25). The van der Waals surface area contributed by atoms with Crippen molar-refractivity contribution in [3.63, 3.8) is 0 Å². The first kappa shape index (κ1) is 20.1. The van der Waals surface area contributed by atoms with Crippen LogP contribution < -0.4 is 5.32 Å². The molecule has 0 bridgehead atoms. The number of halogens is 1. The molecule has 0 aromatic heterocycles. The Morgan fingerprint density at radius 3 is 2.33 bits per heavy atom. The summed E-state index contributed by atoms with van der Waals surface area (Å²) in [7, 11) is 1.29. The summed E-state index contributed by atoms with van der Waals surface area (Å²) >= 11 is 0. The van der Waals surface area contributed by atoms with Gasteiger partial charge in [-0.2, -0.15) is 0 Å². The van der Waals surface area contributed by atoms with Gasteiger partial charge in [-0.05, 0) is 42.3 Å². The highest BCUT2D eigenvalue weighted by molar-refractivity contribution is 5.95. The number of carbonyl (C=O) groups is 3. The molecule has 2 aromatic carbocycles. The van der Waals surface area contributed by atoms with Crippen LogP contribution in [0.25, 0.3) is 0 Å². The summed E-state index contributed by atoms with van der Waals surface area (Å²) in [6, 6.07) is 12.5. The minimum absolute atomic E-state index is 0.150. The first-order valence-corrected chi connectivity index (χ1v) is 8.38. The highest BCUT2D eigenvalue weighted by Gasteiger charge is 2.15. The molecule has 2 aromatic rings. The number of nitrogens with zero attached hydrogens (tertiary/aromatic N) is 1. The third kappa shape index (κ3) is 5.91. The molecule has 0 fully saturated rings. The van der Waals surface area contributed by atoms with Gasteiger partial charge in [0.15, 0.2) is 0 Å². The number of anilines is 1. The summed E-state index contributed by atoms with van der Waals surface area (Å²) in [5, 5.41) is 2.66. The second-order valence-electron chi connectivity index (χ2n) is 5.90. The minimum Gasteiger partial charge on any atom is -0.465 e. The van der Waals surface area contributed by atoms with E-state index < -0.39 is 5.97 Å².